The lowest BCUT2D eigenvalue weighted by Crippen LogP contribution is -2.42. The molecule has 1 aromatic rings. The van der Waals surface area contributed by atoms with E-state index in [2.05, 4.69) is 0 Å². The first kappa shape index (κ1) is 16.4. The summed E-state index contributed by atoms with van der Waals surface area (Å²) in [6, 6.07) is 6.25. The predicted molar refractivity (Wildman–Crippen MR) is 80.3 cm³/mol. The van der Waals surface area contributed by atoms with Crippen molar-refractivity contribution in [1.82, 2.24) is 4.90 Å². The second-order valence-electron chi connectivity index (χ2n) is 5.91. The van der Waals surface area contributed by atoms with Crippen molar-refractivity contribution < 1.29 is 17.9 Å². The average molecular weight is 315 g/mol. The molecule has 0 aromatic heterocycles. The molecule has 6 heteroatoms. The molecule has 0 amide bonds. The maximum Gasteiger partial charge on any atom is 0.148 e. The van der Waals surface area contributed by atoms with E-state index in [1.165, 1.54) is 12.3 Å². The first-order valence-corrected chi connectivity index (χ1v) is 9.20. The zero-order chi connectivity index (χ0) is 15.6. The predicted octanol–water partition coefficient (Wildman–Crippen LogP) is 1.76. The molecular weight excluding hydrogens is 293 g/mol. The molecule has 4 nitrogen and oxygen atoms in total. The van der Waals surface area contributed by atoms with Crippen LogP contribution < -0.4 is 0 Å². The van der Waals surface area contributed by atoms with Gasteiger partial charge in [0.2, 0.25) is 0 Å². The van der Waals surface area contributed by atoms with Gasteiger partial charge in [-0.25, -0.2) is 12.8 Å². The van der Waals surface area contributed by atoms with Crippen LogP contribution in [0.25, 0.3) is 0 Å². The Labute approximate surface area is 125 Å². The van der Waals surface area contributed by atoms with Crippen molar-refractivity contribution in [3.8, 4) is 0 Å². The third-order valence-electron chi connectivity index (χ3n) is 3.77. The van der Waals surface area contributed by atoms with E-state index in [9.17, 15) is 17.9 Å². The molecule has 1 N–H and O–H groups in total. The number of aliphatic hydroxyl groups excluding tert-OH is 1. The van der Waals surface area contributed by atoms with Crippen LogP contribution in [0, 0.1) is 5.82 Å². The molecule has 1 fully saturated rings. The highest BCUT2D eigenvalue weighted by Crippen LogP contribution is 2.31. The summed E-state index contributed by atoms with van der Waals surface area (Å²) in [7, 11) is -3.08. The summed E-state index contributed by atoms with van der Waals surface area (Å²) in [4.78, 5) is 1.98. The quantitative estimate of drug-likeness (QED) is 0.833. The number of benzene rings is 1. The Morgan fingerprint density at radius 3 is 2.52 bits per heavy atom. The molecule has 1 saturated carbocycles. The van der Waals surface area contributed by atoms with Gasteiger partial charge in [-0.2, -0.15) is 0 Å². The maximum absolute atomic E-state index is 13.7. The Kier molecular flexibility index (Phi) is 5.01. The van der Waals surface area contributed by atoms with Gasteiger partial charge in [0, 0.05) is 30.4 Å². The Balaban J connectivity index is 2.08. The SMILES string of the molecule is CC(CS(C)(=O)=O)N(CC(O)c1ccccc1F)C1CC1. The van der Waals surface area contributed by atoms with Gasteiger partial charge in [0.25, 0.3) is 0 Å². The summed E-state index contributed by atoms with van der Waals surface area (Å²) in [6.45, 7) is 2.09. The molecule has 0 heterocycles. The third-order valence-corrected chi connectivity index (χ3v) is 4.86. The summed E-state index contributed by atoms with van der Waals surface area (Å²) >= 11 is 0. The fourth-order valence-electron chi connectivity index (χ4n) is 2.67. The molecule has 2 atom stereocenters. The van der Waals surface area contributed by atoms with Crippen LogP contribution in [0.2, 0.25) is 0 Å². The van der Waals surface area contributed by atoms with Crippen molar-refractivity contribution in [3.05, 3.63) is 35.6 Å². The first-order chi connectivity index (χ1) is 9.78. The van der Waals surface area contributed by atoms with Crippen LogP contribution >= 0.6 is 0 Å². The fraction of sp³-hybridized carbons (Fsp3) is 0.600. The molecule has 1 aliphatic rings. The number of hydrogen-bond donors (Lipinski definition) is 1. The molecule has 118 valence electrons. The summed E-state index contributed by atoms with van der Waals surface area (Å²) in [5, 5.41) is 10.3. The van der Waals surface area contributed by atoms with Gasteiger partial charge in [-0.15, -0.1) is 0 Å². The minimum Gasteiger partial charge on any atom is -0.387 e. The van der Waals surface area contributed by atoms with Crippen LogP contribution in [0.1, 0.15) is 31.4 Å². The van der Waals surface area contributed by atoms with Crippen molar-refractivity contribution in [2.24, 2.45) is 0 Å². The molecular formula is C15H22FNO3S. The number of aliphatic hydroxyl groups is 1. The molecule has 0 bridgehead atoms. The fourth-order valence-corrected chi connectivity index (χ4v) is 3.74. The van der Waals surface area contributed by atoms with Gasteiger partial charge >= 0.3 is 0 Å². The smallest absolute Gasteiger partial charge is 0.148 e. The summed E-state index contributed by atoms with van der Waals surface area (Å²) in [5.41, 5.74) is 0.259. The lowest BCUT2D eigenvalue weighted by molar-refractivity contribution is 0.0886. The lowest BCUT2D eigenvalue weighted by atomic mass is 10.1. The van der Waals surface area contributed by atoms with E-state index in [0.717, 1.165) is 12.8 Å². The second-order valence-corrected chi connectivity index (χ2v) is 8.09. The molecule has 1 aliphatic carbocycles. The molecule has 2 unspecified atom stereocenters. The number of nitrogens with zero attached hydrogens (tertiary/aromatic N) is 1. The number of rotatable bonds is 7. The monoisotopic (exact) mass is 315 g/mol. The van der Waals surface area contributed by atoms with Crippen LogP contribution in [-0.2, 0) is 9.84 Å². The Bertz CT molecular complexity index is 586. The summed E-state index contributed by atoms with van der Waals surface area (Å²) in [5.74, 6) is -0.385. The van der Waals surface area contributed by atoms with E-state index in [-0.39, 0.29) is 23.9 Å². The van der Waals surface area contributed by atoms with Crippen molar-refractivity contribution in [1.29, 1.82) is 0 Å². The normalized spacial score (nSPS) is 18.7. The van der Waals surface area contributed by atoms with Crippen molar-refractivity contribution in [2.75, 3.05) is 18.6 Å². The van der Waals surface area contributed by atoms with Gasteiger partial charge in [0.15, 0.2) is 0 Å². The van der Waals surface area contributed by atoms with Crippen molar-refractivity contribution in [3.63, 3.8) is 0 Å². The molecule has 0 aliphatic heterocycles. The van der Waals surface area contributed by atoms with E-state index in [0.29, 0.717) is 6.04 Å². The Hall–Kier alpha value is -0.980. The molecule has 0 radical (unpaired) electrons. The number of sulfone groups is 1. The van der Waals surface area contributed by atoms with Gasteiger partial charge in [-0.3, -0.25) is 4.90 Å². The summed E-state index contributed by atoms with van der Waals surface area (Å²) < 4.78 is 36.6. The van der Waals surface area contributed by atoms with Crippen LogP contribution in [-0.4, -0.2) is 49.1 Å². The Morgan fingerprint density at radius 1 is 1.38 bits per heavy atom. The van der Waals surface area contributed by atoms with Gasteiger partial charge < -0.3 is 5.11 Å². The van der Waals surface area contributed by atoms with E-state index >= 15 is 0 Å². The molecule has 0 saturated heterocycles. The second kappa shape index (κ2) is 6.42. The zero-order valence-electron chi connectivity index (χ0n) is 12.4. The zero-order valence-corrected chi connectivity index (χ0v) is 13.2. The van der Waals surface area contributed by atoms with Gasteiger partial charge in [-0.1, -0.05) is 18.2 Å². The van der Waals surface area contributed by atoms with Gasteiger partial charge in [-0.05, 0) is 25.8 Å². The van der Waals surface area contributed by atoms with E-state index in [4.69, 9.17) is 0 Å². The van der Waals surface area contributed by atoms with Crippen molar-refractivity contribution >= 4 is 9.84 Å². The van der Waals surface area contributed by atoms with Gasteiger partial charge in [0.1, 0.15) is 15.7 Å². The molecule has 21 heavy (non-hydrogen) atoms. The summed E-state index contributed by atoms with van der Waals surface area (Å²) in [6.07, 6.45) is 2.26. The maximum atomic E-state index is 13.7. The van der Waals surface area contributed by atoms with Crippen LogP contribution in [0.15, 0.2) is 24.3 Å². The van der Waals surface area contributed by atoms with E-state index in [1.807, 2.05) is 11.8 Å². The van der Waals surface area contributed by atoms with Crippen molar-refractivity contribution in [2.45, 2.75) is 38.0 Å². The largest absolute Gasteiger partial charge is 0.387 e. The first-order valence-electron chi connectivity index (χ1n) is 7.14. The van der Waals surface area contributed by atoms with Gasteiger partial charge in [0.05, 0.1) is 11.9 Å². The highest BCUT2D eigenvalue weighted by Gasteiger charge is 2.35. The van der Waals surface area contributed by atoms with E-state index < -0.39 is 21.8 Å². The van der Waals surface area contributed by atoms with Crippen LogP contribution in [0.3, 0.4) is 0 Å². The lowest BCUT2D eigenvalue weighted by Gasteiger charge is -2.30. The highest BCUT2D eigenvalue weighted by atomic mass is 32.2. The third kappa shape index (κ3) is 4.76. The number of halogens is 1. The Morgan fingerprint density at radius 2 is 2.00 bits per heavy atom. The van der Waals surface area contributed by atoms with E-state index in [1.54, 1.807) is 18.2 Å². The standard InChI is InChI=1S/C15H22FNO3S/c1-11(10-21(2,19)20)17(12-7-8-12)9-15(18)13-5-3-4-6-14(13)16/h3-6,11-12,15,18H,7-10H2,1-2H3. The molecule has 1 aromatic carbocycles. The minimum absolute atomic E-state index is 0.0491. The minimum atomic E-state index is -3.08. The van der Waals surface area contributed by atoms with Crippen LogP contribution in [0.4, 0.5) is 4.39 Å². The van der Waals surface area contributed by atoms with Crippen LogP contribution in [0.5, 0.6) is 0 Å². The number of hydrogen-bond acceptors (Lipinski definition) is 4. The molecule has 0 spiro atoms. The average Bonchev–Trinajstić information content (AvgIpc) is 3.18. The topological polar surface area (TPSA) is 57.6 Å². The highest BCUT2D eigenvalue weighted by molar-refractivity contribution is 7.90. The molecule has 2 rings (SSSR count).